The second kappa shape index (κ2) is 5.45. The molecule has 1 aliphatic heterocycles. The van der Waals surface area contributed by atoms with Crippen molar-refractivity contribution in [2.24, 2.45) is 11.7 Å². The average molecular weight is 252 g/mol. The smallest absolute Gasteiger partial charge is 0.0545 e. The van der Waals surface area contributed by atoms with Crippen molar-refractivity contribution in [3.63, 3.8) is 0 Å². The molecule has 0 saturated heterocycles. The summed E-state index contributed by atoms with van der Waals surface area (Å²) >= 11 is 0. The fourth-order valence-electron chi connectivity index (χ4n) is 3.02. The number of anilines is 1. The molecule has 98 valence electrons. The highest BCUT2D eigenvalue weighted by atomic mass is 14.9. The summed E-state index contributed by atoms with van der Waals surface area (Å²) in [5.41, 5.74) is 9.83. The molecule has 1 heterocycles. The number of fused-ring (bicyclic) bond motifs is 1. The molecule has 0 saturated carbocycles. The molecule has 2 heteroatoms. The molecule has 2 atom stereocenters. The summed E-state index contributed by atoms with van der Waals surface area (Å²) in [6.45, 7) is 0.748. The molecular formula is C17H20N2. The van der Waals surface area contributed by atoms with Gasteiger partial charge in [-0.25, -0.2) is 0 Å². The summed E-state index contributed by atoms with van der Waals surface area (Å²) in [7, 11) is 0. The van der Waals surface area contributed by atoms with E-state index in [9.17, 15) is 0 Å². The number of nitrogens with one attached hydrogen (secondary N) is 1. The van der Waals surface area contributed by atoms with Gasteiger partial charge in [-0.15, -0.1) is 0 Å². The topological polar surface area (TPSA) is 38.0 Å². The maximum atomic E-state index is 5.79. The van der Waals surface area contributed by atoms with Gasteiger partial charge in [0.15, 0.2) is 0 Å². The van der Waals surface area contributed by atoms with Gasteiger partial charge < -0.3 is 11.1 Å². The Balaban J connectivity index is 1.94. The zero-order valence-corrected chi connectivity index (χ0v) is 11.0. The lowest BCUT2D eigenvalue weighted by atomic mass is 9.82. The van der Waals surface area contributed by atoms with Crippen LogP contribution in [0.5, 0.6) is 0 Å². The molecule has 19 heavy (non-hydrogen) atoms. The van der Waals surface area contributed by atoms with Crippen LogP contribution in [-0.4, -0.2) is 6.54 Å². The number of nitrogens with two attached hydrogens (primary N) is 1. The Morgan fingerprint density at radius 1 is 1.00 bits per heavy atom. The van der Waals surface area contributed by atoms with Gasteiger partial charge in [-0.3, -0.25) is 0 Å². The average Bonchev–Trinajstić information content (AvgIpc) is 2.48. The number of para-hydroxylation sites is 1. The van der Waals surface area contributed by atoms with Crippen molar-refractivity contribution in [1.29, 1.82) is 0 Å². The van der Waals surface area contributed by atoms with E-state index in [0.29, 0.717) is 12.0 Å². The summed E-state index contributed by atoms with van der Waals surface area (Å²) < 4.78 is 0. The van der Waals surface area contributed by atoms with Crippen LogP contribution in [0.3, 0.4) is 0 Å². The predicted octanol–water partition coefficient (Wildman–Crippen LogP) is 3.36. The number of rotatable bonds is 3. The van der Waals surface area contributed by atoms with Crippen LogP contribution in [0.25, 0.3) is 0 Å². The van der Waals surface area contributed by atoms with E-state index in [-0.39, 0.29) is 0 Å². The summed E-state index contributed by atoms with van der Waals surface area (Å²) in [6.07, 6.45) is 2.17. The molecule has 2 aromatic carbocycles. The van der Waals surface area contributed by atoms with Crippen molar-refractivity contribution in [2.45, 2.75) is 18.9 Å². The van der Waals surface area contributed by atoms with E-state index < -0.39 is 0 Å². The molecule has 2 nitrogen and oxygen atoms in total. The summed E-state index contributed by atoms with van der Waals surface area (Å²) in [5.74, 6) is 0.572. The summed E-state index contributed by atoms with van der Waals surface area (Å²) in [5, 5.41) is 3.69. The van der Waals surface area contributed by atoms with Gasteiger partial charge in [-0.05, 0) is 42.5 Å². The van der Waals surface area contributed by atoms with Crippen LogP contribution >= 0.6 is 0 Å². The van der Waals surface area contributed by atoms with Crippen LogP contribution in [0.1, 0.15) is 23.6 Å². The first-order valence-corrected chi connectivity index (χ1v) is 6.98. The van der Waals surface area contributed by atoms with Crippen LogP contribution in [0.15, 0.2) is 54.6 Å². The van der Waals surface area contributed by atoms with Crippen molar-refractivity contribution in [3.05, 3.63) is 65.7 Å². The minimum atomic E-state index is 0.375. The zero-order chi connectivity index (χ0) is 13.1. The summed E-state index contributed by atoms with van der Waals surface area (Å²) in [4.78, 5) is 0. The Labute approximate surface area is 114 Å². The lowest BCUT2D eigenvalue weighted by Gasteiger charge is -2.35. The Morgan fingerprint density at radius 2 is 1.74 bits per heavy atom. The molecule has 3 rings (SSSR count). The Kier molecular flexibility index (Phi) is 3.51. The van der Waals surface area contributed by atoms with Gasteiger partial charge in [0, 0.05) is 5.69 Å². The van der Waals surface area contributed by atoms with Crippen LogP contribution in [0, 0.1) is 5.92 Å². The number of hydrogen-bond acceptors (Lipinski definition) is 2. The molecule has 0 spiro atoms. The van der Waals surface area contributed by atoms with E-state index >= 15 is 0 Å². The van der Waals surface area contributed by atoms with E-state index in [1.165, 1.54) is 16.8 Å². The highest BCUT2D eigenvalue weighted by Gasteiger charge is 2.28. The van der Waals surface area contributed by atoms with Crippen molar-refractivity contribution in [3.8, 4) is 0 Å². The minimum Gasteiger partial charge on any atom is -0.378 e. The third-order valence-corrected chi connectivity index (χ3v) is 3.98. The van der Waals surface area contributed by atoms with Gasteiger partial charge in [-0.2, -0.15) is 0 Å². The van der Waals surface area contributed by atoms with Gasteiger partial charge >= 0.3 is 0 Å². The van der Waals surface area contributed by atoms with Gasteiger partial charge in [0.25, 0.3) is 0 Å². The quantitative estimate of drug-likeness (QED) is 0.879. The Morgan fingerprint density at radius 3 is 2.53 bits per heavy atom. The first-order chi connectivity index (χ1) is 9.38. The molecule has 0 aromatic heterocycles. The largest absolute Gasteiger partial charge is 0.378 e. The van der Waals surface area contributed by atoms with E-state index in [4.69, 9.17) is 5.73 Å². The fraction of sp³-hybridized carbons (Fsp3) is 0.294. The molecule has 3 N–H and O–H groups in total. The first kappa shape index (κ1) is 12.2. The molecule has 1 aliphatic rings. The molecule has 0 bridgehead atoms. The lowest BCUT2D eigenvalue weighted by molar-refractivity contribution is 0.413. The number of benzene rings is 2. The highest BCUT2D eigenvalue weighted by molar-refractivity contribution is 5.55. The van der Waals surface area contributed by atoms with Gasteiger partial charge in [0.1, 0.15) is 0 Å². The van der Waals surface area contributed by atoms with Crippen molar-refractivity contribution in [1.82, 2.24) is 0 Å². The van der Waals surface area contributed by atoms with Crippen LogP contribution in [-0.2, 0) is 6.42 Å². The SMILES string of the molecule is NCCC1Cc2ccccc2N[C@H]1c1ccccc1. The van der Waals surface area contributed by atoms with Gasteiger partial charge in [0.05, 0.1) is 6.04 Å². The van der Waals surface area contributed by atoms with E-state index in [1.807, 2.05) is 0 Å². The van der Waals surface area contributed by atoms with Crippen molar-refractivity contribution < 1.29 is 0 Å². The van der Waals surface area contributed by atoms with Crippen molar-refractivity contribution >= 4 is 5.69 Å². The monoisotopic (exact) mass is 252 g/mol. The molecule has 0 radical (unpaired) electrons. The highest BCUT2D eigenvalue weighted by Crippen LogP contribution is 2.37. The molecule has 0 aliphatic carbocycles. The van der Waals surface area contributed by atoms with Crippen LogP contribution in [0.4, 0.5) is 5.69 Å². The molecular weight excluding hydrogens is 232 g/mol. The standard InChI is InChI=1S/C17H20N2/c18-11-10-15-12-14-8-4-5-9-16(14)19-17(15)13-6-2-1-3-7-13/h1-9,15,17,19H,10-12,18H2/t15?,17-/m0/s1. The zero-order valence-electron chi connectivity index (χ0n) is 11.0. The van der Waals surface area contributed by atoms with Crippen molar-refractivity contribution in [2.75, 3.05) is 11.9 Å². The van der Waals surface area contributed by atoms with E-state index in [0.717, 1.165) is 19.4 Å². The predicted molar refractivity (Wildman–Crippen MR) is 80.1 cm³/mol. The molecule has 2 aromatic rings. The third kappa shape index (κ3) is 2.49. The van der Waals surface area contributed by atoms with E-state index in [2.05, 4.69) is 59.9 Å². The maximum absolute atomic E-state index is 5.79. The summed E-state index contributed by atoms with van der Waals surface area (Å²) in [6, 6.07) is 19.7. The van der Waals surface area contributed by atoms with Gasteiger partial charge in [-0.1, -0.05) is 48.5 Å². The van der Waals surface area contributed by atoms with E-state index in [1.54, 1.807) is 0 Å². The number of hydrogen-bond donors (Lipinski definition) is 2. The maximum Gasteiger partial charge on any atom is 0.0545 e. The third-order valence-electron chi connectivity index (χ3n) is 3.98. The Hall–Kier alpha value is -1.80. The fourth-order valence-corrected chi connectivity index (χ4v) is 3.02. The second-order valence-electron chi connectivity index (χ2n) is 5.23. The first-order valence-electron chi connectivity index (χ1n) is 6.98. The minimum absolute atomic E-state index is 0.375. The van der Waals surface area contributed by atoms with Crippen LogP contribution in [0.2, 0.25) is 0 Å². The van der Waals surface area contributed by atoms with Gasteiger partial charge in [0.2, 0.25) is 0 Å². The Bertz CT molecular complexity index is 536. The molecule has 0 fully saturated rings. The molecule has 0 amide bonds. The normalized spacial score (nSPS) is 21.5. The second-order valence-corrected chi connectivity index (χ2v) is 5.23. The molecule has 1 unspecified atom stereocenters. The lowest BCUT2D eigenvalue weighted by Crippen LogP contribution is -2.29. The van der Waals surface area contributed by atoms with Crippen LogP contribution < -0.4 is 11.1 Å².